The second-order valence-electron chi connectivity index (χ2n) is 4.64. The van der Waals surface area contributed by atoms with E-state index < -0.39 is 0 Å². The van der Waals surface area contributed by atoms with Crippen LogP contribution in [-0.4, -0.2) is 19.6 Å². The maximum atomic E-state index is 11.8. The third-order valence-corrected chi connectivity index (χ3v) is 3.40. The quantitative estimate of drug-likeness (QED) is 0.779. The molecule has 100 valence electrons. The second-order valence-corrected chi connectivity index (χ2v) is 4.64. The Morgan fingerprint density at radius 3 is 2.50 bits per heavy atom. The molecule has 3 heteroatoms. The first kappa shape index (κ1) is 12.5. The largest absolute Gasteiger partial charge is 0.466 e. The fourth-order valence-electron chi connectivity index (χ4n) is 2.44. The molecular weight excluding hydrogens is 250 g/mol. The van der Waals surface area contributed by atoms with Gasteiger partial charge in [-0.15, -0.1) is 0 Å². The fraction of sp³-hybridized carbons (Fsp3) is 0.118. The van der Waals surface area contributed by atoms with Crippen molar-refractivity contribution in [2.45, 2.75) is 0 Å². The Morgan fingerprint density at radius 2 is 1.75 bits per heavy atom. The van der Waals surface area contributed by atoms with Gasteiger partial charge in [-0.25, -0.2) is 4.79 Å². The van der Waals surface area contributed by atoms with Gasteiger partial charge in [-0.3, -0.25) is 0 Å². The predicted molar refractivity (Wildman–Crippen MR) is 79.9 cm³/mol. The lowest BCUT2D eigenvalue weighted by atomic mass is 10.0. The van der Waals surface area contributed by atoms with Gasteiger partial charge in [0.05, 0.1) is 19.2 Å². The molecule has 0 atom stereocenters. The van der Waals surface area contributed by atoms with E-state index in [2.05, 4.69) is 11.0 Å². The molecular formula is C17H15NO2. The van der Waals surface area contributed by atoms with E-state index in [9.17, 15) is 4.79 Å². The van der Waals surface area contributed by atoms with Crippen LogP contribution in [0.25, 0.3) is 6.08 Å². The molecule has 0 amide bonds. The van der Waals surface area contributed by atoms with Gasteiger partial charge in [0.2, 0.25) is 0 Å². The number of hydrogen-bond acceptors (Lipinski definition) is 3. The van der Waals surface area contributed by atoms with Crippen molar-refractivity contribution in [2.24, 2.45) is 0 Å². The Bertz CT molecular complexity index is 662. The minimum absolute atomic E-state index is 0.277. The van der Waals surface area contributed by atoms with Crippen LogP contribution in [0.5, 0.6) is 0 Å². The molecule has 3 rings (SSSR count). The maximum absolute atomic E-state index is 11.8. The van der Waals surface area contributed by atoms with Gasteiger partial charge >= 0.3 is 5.97 Å². The molecule has 1 aliphatic rings. The van der Waals surface area contributed by atoms with Crippen molar-refractivity contribution < 1.29 is 9.53 Å². The number of para-hydroxylation sites is 2. The van der Waals surface area contributed by atoms with Crippen LogP contribution in [-0.2, 0) is 9.53 Å². The third-order valence-electron chi connectivity index (χ3n) is 3.40. The van der Waals surface area contributed by atoms with Crippen LogP contribution in [0.15, 0.2) is 60.2 Å². The molecule has 0 radical (unpaired) electrons. The van der Waals surface area contributed by atoms with Gasteiger partial charge in [-0.1, -0.05) is 36.4 Å². The topological polar surface area (TPSA) is 29.5 Å². The van der Waals surface area contributed by atoms with Gasteiger partial charge in [-0.05, 0) is 29.8 Å². The number of methoxy groups -OCH3 is 1. The van der Waals surface area contributed by atoms with Gasteiger partial charge in [0.25, 0.3) is 0 Å². The molecule has 1 aliphatic heterocycles. The number of anilines is 2. The van der Waals surface area contributed by atoms with Gasteiger partial charge in [-0.2, -0.15) is 0 Å². The minimum atomic E-state index is -0.277. The van der Waals surface area contributed by atoms with Crippen molar-refractivity contribution in [3.63, 3.8) is 0 Å². The lowest BCUT2D eigenvalue weighted by Gasteiger charge is -2.30. The highest BCUT2D eigenvalue weighted by Crippen LogP contribution is 2.34. The Labute approximate surface area is 118 Å². The summed E-state index contributed by atoms with van der Waals surface area (Å²) in [5.74, 6) is -0.277. The van der Waals surface area contributed by atoms with Crippen molar-refractivity contribution in [1.82, 2.24) is 0 Å². The smallest absolute Gasteiger partial charge is 0.335 e. The summed E-state index contributed by atoms with van der Waals surface area (Å²) in [7, 11) is 1.41. The summed E-state index contributed by atoms with van der Waals surface area (Å²) in [5, 5.41) is 0. The molecule has 0 saturated heterocycles. The Hall–Kier alpha value is -2.55. The zero-order valence-electron chi connectivity index (χ0n) is 11.2. The molecule has 0 aromatic heterocycles. The molecule has 2 aromatic rings. The summed E-state index contributed by atoms with van der Waals surface area (Å²) >= 11 is 0. The molecule has 1 heterocycles. The number of fused-ring (bicyclic) bond motifs is 1. The molecule has 0 unspecified atom stereocenters. The highest BCUT2D eigenvalue weighted by molar-refractivity contribution is 5.98. The molecule has 0 saturated carbocycles. The van der Waals surface area contributed by atoms with E-state index in [1.807, 2.05) is 54.6 Å². The second kappa shape index (κ2) is 5.21. The summed E-state index contributed by atoms with van der Waals surface area (Å²) in [6.45, 7) is 0.522. The highest BCUT2D eigenvalue weighted by Gasteiger charge is 2.23. The summed E-state index contributed by atoms with van der Waals surface area (Å²) in [5.41, 5.74) is 3.86. The van der Waals surface area contributed by atoms with Gasteiger partial charge in [0.15, 0.2) is 0 Å². The molecule has 0 aliphatic carbocycles. The number of rotatable bonds is 2. The lowest BCUT2D eigenvalue weighted by molar-refractivity contribution is -0.136. The summed E-state index contributed by atoms with van der Waals surface area (Å²) in [4.78, 5) is 14.0. The maximum Gasteiger partial charge on any atom is 0.335 e. The molecule has 0 fully saturated rings. The van der Waals surface area contributed by atoms with Crippen molar-refractivity contribution in [1.29, 1.82) is 0 Å². The van der Waals surface area contributed by atoms with E-state index in [4.69, 9.17) is 4.74 Å². The normalized spacial score (nSPS) is 13.4. The molecule has 0 spiro atoms. The number of hydrogen-bond donors (Lipinski definition) is 0. The summed E-state index contributed by atoms with van der Waals surface area (Å²) in [6.07, 6.45) is 1.90. The molecule has 20 heavy (non-hydrogen) atoms. The molecule has 0 bridgehead atoms. The van der Waals surface area contributed by atoms with E-state index >= 15 is 0 Å². The van der Waals surface area contributed by atoms with Gasteiger partial charge in [0, 0.05) is 11.4 Å². The van der Waals surface area contributed by atoms with E-state index in [-0.39, 0.29) is 5.97 Å². The third kappa shape index (κ3) is 2.18. The first-order valence-corrected chi connectivity index (χ1v) is 6.50. The summed E-state index contributed by atoms with van der Waals surface area (Å²) in [6, 6.07) is 18.1. The first-order valence-electron chi connectivity index (χ1n) is 6.50. The Morgan fingerprint density at radius 1 is 1.05 bits per heavy atom. The number of esters is 1. The van der Waals surface area contributed by atoms with Crippen LogP contribution in [0.1, 0.15) is 5.56 Å². The van der Waals surface area contributed by atoms with E-state index in [1.54, 1.807) is 0 Å². The van der Waals surface area contributed by atoms with Crippen molar-refractivity contribution >= 4 is 23.4 Å². The summed E-state index contributed by atoms with van der Waals surface area (Å²) < 4.78 is 4.86. The van der Waals surface area contributed by atoms with Crippen molar-refractivity contribution in [3.05, 3.63) is 65.7 Å². The lowest BCUT2D eigenvalue weighted by Crippen LogP contribution is -2.27. The average molecular weight is 265 g/mol. The van der Waals surface area contributed by atoms with Gasteiger partial charge < -0.3 is 9.64 Å². The Balaban J connectivity index is 2.09. The predicted octanol–water partition coefficient (Wildman–Crippen LogP) is 3.39. The Kier molecular flexibility index (Phi) is 3.25. The molecule has 0 N–H and O–H groups in total. The monoisotopic (exact) mass is 265 g/mol. The average Bonchev–Trinajstić information content (AvgIpc) is 2.54. The minimum Gasteiger partial charge on any atom is -0.466 e. The first-order chi connectivity index (χ1) is 9.79. The van der Waals surface area contributed by atoms with E-state index in [0.717, 1.165) is 16.9 Å². The number of carbonyl (C=O) groups is 1. The van der Waals surface area contributed by atoms with E-state index in [1.165, 1.54) is 7.11 Å². The van der Waals surface area contributed by atoms with Crippen LogP contribution in [0.3, 0.4) is 0 Å². The molecule has 2 aromatic carbocycles. The van der Waals surface area contributed by atoms with Crippen LogP contribution in [0.4, 0.5) is 11.4 Å². The zero-order chi connectivity index (χ0) is 13.9. The van der Waals surface area contributed by atoms with Crippen LogP contribution < -0.4 is 4.90 Å². The number of carbonyl (C=O) groups excluding carboxylic acids is 1. The van der Waals surface area contributed by atoms with Crippen LogP contribution in [0, 0.1) is 0 Å². The van der Waals surface area contributed by atoms with Crippen molar-refractivity contribution in [2.75, 3.05) is 18.6 Å². The van der Waals surface area contributed by atoms with E-state index in [0.29, 0.717) is 12.1 Å². The van der Waals surface area contributed by atoms with Crippen LogP contribution in [0.2, 0.25) is 0 Å². The van der Waals surface area contributed by atoms with Crippen molar-refractivity contribution in [3.8, 4) is 0 Å². The molecule has 3 nitrogen and oxygen atoms in total. The fourth-order valence-corrected chi connectivity index (χ4v) is 2.44. The van der Waals surface area contributed by atoms with Crippen LogP contribution >= 0.6 is 0 Å². The zero-order valence-corrected chi connectivity index (χ0v) is 11.2. The number of nitrogens with zero attached hydrogens (tertiary/aromatic N) is 1. The number of benzene rings is 2. The number of ether oxygens (including phenoxy) is 1. The van der Waals surface area contributed by atoms with Gasteiger partial charge in [0.1, 0.15) is 0 Å². The SMILES string of the molecule is COC(=O)C1=Cc2ccccc2N(c2ccccc2)C1. The standard InChI is InChI=1S/C17H15NO2/c1-20-17(19)14-11-13-7-5-6-10-16(13)18(12-14)15-8-3-2-4-9-15/h2-11H,12H2,1H3. The highest BCUT2D eigenvalue weighted by atomic mass is 16.5.